The van der Waals surface area contributed by atoms with Crippen LogP contribution >= 0.6 is 43.5 Å². The van der Waals surface area contributed by atoms with Gasteiger partial charge in [-0.05, 0) is 99.6 Å². The van der Waals surface area contributed by atoms with Crippen molar-refractivity contribution in [2.24, 2.45) is 11.7 Å². The van der Waals surface area contributed by atoms with E-state index in [9.17, 15) is 14.8 Å². The molecule has 0 saturated carbocycles. The van der Waals surface area contributed by atoms with Crippen molar-refractivity contribution in [3.63, 3.8) is 0 Å². The highest BCUT2D eigenvalue weighted by Gasteiger charge is 2.32. The second-order valence-electron chi connectivity index (χ2n) is 10.1. The van der Waals surface area contributed by atoms with E-state index in [-0.39, 0.29) is 17.9 Å². The smallest absolute Gasteiger partial charge is 0.314 e. The number of halogens is 3. The second kappa shape index (κ2) is 10.9. The van der Waals surface area contributed by atoms with E-state index in [1.807, 2.05) is 23.1 Å². The number of aromatic nitrogens is 1. The van der Waals surface area contributed by atoms with Crippen molar-refractivity contribution in [2.45, 2.75) is 44.9 Å². The number of pyridine rings is 1. The van der Waals surface area contributed by atoms with E-state index in [2.05, 4.69) is 31.9 Å². The van der Waals surface area contributed by atoms with Gasteiger partial charge in [-0.15, -0.1) is 0 Å². The lowest BCUT2D eigenvalue weighted by Gasteiger charge is -2.34. The number of primary amides is 1. The zero-order valence-electron chi connectivity index (χ0n) is 20.4. The Morgan fingerprint density at radius 2 is 1.76 bits per heavy atom. The fourth-order valence-electron chi connectivity index (χ4n) is 5.88. The van der Waals surface area contributed by atoms with Gasteiger partial charge in [0.25, 0.3) is 0 Å². The SMILES string of the molecule is NC(=O)N1CCC(CC(=O)N2CCC(=C3c4ccc(Cl)c(Br)c4CCc4cc(Br)c[n+]([O-])c43)CC2)CC1. The zero-order chi connectivity index (χ0) is 26.3. The quantitative estimate of drug-likeness (QED) is 0.357. The van der Waals surface area contributed by atoms with Crippen LogP contribution in [0.2, 0.25) is 5.02 Å². The molecule has 2 N–H and O–H groups in total. The third kappa shape index (κ3) is 5.40. The summed E-state index contributed by atoms with van der Waals surface area (Å²) in [4.78, 5) is 28.1. The molecule has 5 rings (SSSR count). The molecule has 196 valence electrons. The van der Waals surface area contributed by atoms with E-state index < -0.39 is 0 Å². The van der Waals surface area contributed by atoms with Gasteiger partial charge in [0.1, 0.15) is 0 Å². The van der Waals surface area contributed by atoms with E-state index in [0.29, 0.717) is 43.3 Å². The van der Waals surface area contributed by atoms with Crippen LogP contribution in [0.1, 0.15) is 54.5 Å². The standard InChI is InChI=1S/C27H29Br2ClN4O3/c28-19-14-18-1-2-21-20(3-4-22(30)25(21)29)24(26(18)34(37)15-19)17-7-11-32(12-8-17)23(35)13-16-5-9-33(10-6-16)27(31)36/h3-4,14-16H,1-2,5-13H2,(H2,31,36). The molecule has 2 aliphatic heterocycles. The van der Waals surface area contributed by atoms with Crippen molar-refractivity contribution in [1.82, 2.24) is 9.80 Å². The van der Waals surface area contributed by atoms with Gasteiger partial charge in [0.05, 0.1) is 15.1 Å². The molecule has 0 unspecified atom stereocenters. The molecule has 0 atom stereocenters. The molecule has 0 radical (unpaired) electrons. The molecule has 3 amide bonds. The van der Waals surface area contributed by atoms with Crippen molar-refractivity contribution in [3.05, 3.63) is 71.5 Å². The summed E-state index contributed by atoms with van der Waals surface area (Å²) >= 11 is 13.6. The Kier molecular flexibility index (Phi) is 7.84. The van der Waals surface area contributed by atoms with Crippen molar-refractivity contribution in [3.8, 4) is 0 Å². The lowest BCUT2D eigenvalue weighted by molar-refractivity contribution is -0.609. The predicted molar refractivity (Wildman–Crippen MR) is 150 cm³/mol. The maximum Gasteiger partial charge on any atom is 0.314 e. The van der Waals surface area contributed by atoms with Crippen LogP contribution in [0.3, 0.4) is 0 Å². The van der Waals surface area contributed by atoms with Gasteiger partial charge >= 0.3 is 6.03 Å². The van der Waals surface area contributed by atoms with Crippen LogP contribution in [-0.2, 0) is 17.6 Å². The molecular weight excluding hydrogens is 624 g/mol. The summed E-state index contributed by atoms with van der Waals surface area (Å²) in [5.74, 6) is 0.448. The number of hydrogen-bond acceptors (Lipinski definition) is 3. The Morgan fingerprint density at radius 1 is 1.05 bits per heavy atom. The summed E-state index contributed by atoms with van der Waals surface area (Å²) < 4.78 is 2.62. The molecule has 2 saturated heterocycles. The minimum atomic E-state index is -0.385. The van der Waals surface area contributed by atoms with Crippen molar-refractivity contribution < 1.29 is 14.3 Å². The molecule has 3 aliphatic rings. The first-order valence-electron chi connectivity index (χ1n) is 12.7. The van der Waals surface area contributed by atoms with Crippen LogP contribution in [0.4, 0.5) is 4.79 Å². The number of carbonyl (C=O) groups is 2. The van der Waals surface area contributed by atoms with Crippen LogP contribution in [0, 0.1) is 11.1 Å². The van der Waals surface area contributed by atoms with Crippen molar-refractivity contribution in [1.29, 1.82) is 0 Å². The number of nitrogens with two attached hydrogens (primary N) is 1. The first-order chi connectivity index (χ1) is 17.7. The van der Waals surface area contributed by atoms with Crippen molar-refractivity contribution >= 4 is 61.0 Å². The first kappa shape index (κ1) is 26.5. The Labute approximate surface area is 238 Å². The molecule has 2 fully saturated rings. The number of aryl methyl sites for hydroxylation is 1. The summed E-state index contributed by atoms with van der Waals surface area (Å²) in [6, 6.07) is 5.56. The summed E-state index contributed by atoms with van der Waals surface area (Å²) in [6.07, 6.45) is 6.63. The third-order valence-electron chi connectivity index (χ3n) is 7.89. The van der Waals surface area contributed by atoms with Crippen LogP contribution in [0.15, 0.2) is 38.9 Å². The number of fused-ring (bicyclic) bond motifs is 2. The van der Waals surface area contributed by atoms with Gasteiger partial charge in [0.15, 0.2) is 6.20 Å². The second-order valence-corrected chi connectivity index (χ2v) is 12.2. The lowest BCUT2D eigenvalue weighted by Crippen LogP contribution is -2.43. The Bertz CT molecular complexity index is 1280. The number of hydrogen-bond donors (Lipinski definition) is 1. The Hall–Kier alpha value is -2.10. The third-order valence-corrected chi connectivity index (χ3v) is 9.77. The van der Waals surface area contributed by atoms with Gasteiger partial charge < -0.3 is 20.7 Å². The molecule has 1 aliphatic carbocycles. The average Bonchev–Trinajstić information content (AvgIpc) is 3.04. The Morgan fingerprint density at radius 3 is 2.43 bits per heavy atom. The molecule has 1 aromatic carbocycles. The van der Waals surface area contributed by atoms with Crippen LogP contribution in [0.5, 0.6) is 0 Å². The number of benzene rings is 1. The monoisotopic (exact) mass is 650 g/mol. The summed E-state index contributed by atoms with van der Waals surface area (Å²) in [7, 11) is 0. The van der Waals surface area contributed by atoms with E-state index in [4.69, 9.17) is 17.3 Å². The topological polar surface area (TPSA) is 93.6 Å². The Balaban J connectivity index is 1.39. The molecule has 2 aromatic rings. The first-order valence-corrected chi connectivity index (χ1v) is 14.6. The van der Waals surface area contributed by atoms with E-state index >= 15 is 0 Å². The number of rotatable bonds is 2. The number of nitrogens with zero attached hydrogens (tertiary/aromatic N) is 3. The van der Waals surface area contributed by atoms with Crippen LogP contribution < -0.4 is 10.5 Å². The fraction of sp³-hybridized carbons (Fsp3) is 0.444. The average molecular weight is 653 g/mol. The minimum absolute atomic E-state index is 0.167. The molecule has 37 heavy (non-hydrogen) atoms. The summed E-state index contributed by atoms with van der Waals surface area (Å²) in [5.41, 5.74) is 11.4. The molecule has 1 aromatic heterocycles. The molecule has 0 bridgehead atoms. The van der Waals surface area contributed by atoms with E-state index in [1.165, 1.54) is 5.57 Å². The highest BCUT2D eigenvalue weighted by molar-refractivity contribution is 9.10. The molecular formula is C27H29Br2ClN4O3. The van der Waals surface area contributed by atoms with Crippen LogP contribution in [-0.4, -0.2) is 47.9 Å². The predicted octanol–water partition coefficient (Wildman–Crippen LogP) is 5.20. The zero-order valence-corrected chi connectivity index (χ0v) is 24.4. The van der Waals surface area contributed by atoms with Crippen LogP contribution in [0.25, 0.3) is 5.57 Å². The largest absolute Gasteiger partial charge is 0.618 e. The van der Waals surface area contributed by atoms with E-state index in [0.717, 1.165) is 74.5 Å². The summed E-state index contributed by atoms with van der Waals surface area (Å²) in [6.45, 7) is 2.50. The summed E-state index contributed by atoms with van der Waals surface area (Å²) in [5, 5.41) is 13.9. The molecule has 7 nitrogen and oxygen atoms in total. The van der Waals surface area contributed by atoms with Gasteiger partial charge in [0, 0.05) is 42.6 Å². The van der Waals surface area contributed by atoms with Gasteiger partial charge in [-0.25, -0.2) is 4.79 Å². The van der Waals surface area contributed by atoms with E-state index in [1.54, 1.807) is 11.1 Å². The highest BCUT2D eigenvalue weighted by Crippen LogP contribution is 2.42. The van der Waals surface area contributed by atoms with Crippen molar-refractivity contribution in [2.75, 3.05) is 26.2 Å². The highest BCUT2D eigenvalue weighted by atomic mass is 79.9. The maximum absolute atomic E-state index is 13.2. The molecule has 3 heterocycles. The number of piperidine rings is 2. The maximum atomic E-state index is 13.2. The number of likely N-dealkylation sites (tertiary alicyclic amines) is 2. The molecule has 10 heteroatoms. The van der Waals surface area contributed by atoms with Gasteiger partial charge in [0.2, 0.25) is 11.6 Å². The van der Waals surface area contributed by atoms with Gasteiger partial charge in [-0.3, -0.25) is 4.79 Å². The van der Waals surface area contributed by atoms with Gasteiger partial charge in [-0.2, -0.15) is 4.73 Å². The fourth-order valence-corrected chi connectivity index (χ4v) is 7.06. The normalized spacial score (nSPS) is 18.4. The van der Waals surface area contributed by atoms with Gasteiger partial charge in [-0.1, -0.05) is 23.2 Å². The number of urea groups is 1. The number of amides is 3. The number of carbonyl (C=O) groups excluding carboxylic acids is 2. The lowest BCUT2D eigenvalue weighted by atomic mass is 9.88. The minimum Gasteiger partial charge on any atom is -0.618 e. The molecule has 0 spiro atoms.